The van der Waals surface area contributed by atoms with Gasteiger partial charge in [-0.15, -0.1) is 0 Å². The van der Waals surface area contributed by atoms with E-state index in [0.717, 1.165) is 4.47 Å². The Morgan fingerprint density at radius 1 is 1.11 bits per heavy atom. The highest BCUT2D eigenvalue weighted by atomic mass is 79.9. The normalized spacial score (nSPS) is 24.6. The van der Waals surface area contributed by atoms with Crippen LogP contribution in [-0.4, -0.2) is 6.67 Å². The van der Waals surface area contributed by atoms with Gasteiger partial charge in [-0.1, -0.05) is 40.2 Å². The molecule has 0 aliphatic heterocycles. The summed E-state index contributed by atoms with van der Waals surface area (Å²) in [7, 11) is 0. The molecule has 0 saturated heterocycles. The molecule has 2 rings (SSSR count). The summed E-state index contributed by atoms with van der Waals surface area (Å²) in [5.74, 6) is 1.38. The molecular formula is C16H20BrF. The van der Waals surface area contributed by atoms with E-state index in [4.69, 9.17) is 0 Å². The second-order valence-corrected chi connectivity index (χ2v) is 5.98. The predicted molar refractivity (Wildman–Crippen MR) is 78.6 cm³/mol. The van der Waals surface area contributed by atoms with Crippen molar-refractivity contribution in [1.82, 2.24) is 0 Å². The molecule has 18 heavy (non-hydrogen) atoms. The summed E-state index contributed by atoms with van der Waals surface area (Å²) in [5, 5.41) is 0. The Morgan fingerprint density at radius 3 is 2.39 bits per heavy atom. The first-order valence-corrected chi connectivity index (χ1v) is 7.57. The van der Waals surface area contributed by atoms with E-state index in [1.54, 1.807) is 0 Å². The number of halogens is 2. The van der Waals surface area contributed by atoms with Crippen LogP contribution in [0.4, 0.5) is 4.39 Å². The lowest BCUT2D eigenvalue weighted by molar-refractivity contribution is 0.375. The van der Waals surface area contributed by atoms with Crippen LogP contribution in [-0.2, 0) is 0 Å². The third kappa shape index (κ3) is 3.94. The standard InChI is InChI=1S/C16H20BrF/c17-16-10-8-15(9-11-16)14-6-4-13(5-7-14)3-1-2-12-18/h1,3,8-11,13-14H,2,4-7,12H2/b3-1+/t13-,14-. The van der Waals surface area contributed by atoms with Gasteiger partial charge < -0.3 is 0 Å². The van der Waals surface area contributed by atoms with Gasteiger partial charge in [-0.3, -0.25) is 4.39 Å². The van der Waals surface area contributed by atoms with Gasteiger partial charge in [0.25, 0.3) is 0 Å². The van der Waals surface area contributed by atoms with Gasteiger partial charge in [0.05, 0.1) is 6.67 Å². The first-order valence-electron chi connectivity index (χ1n) is 6.77. The SMILES string of the molecule is FCC/C=C/[C@H]1CC[C@H](c2ccc(Br)cc2)CC1. The molecule has 1 fully saturated rings. The molecule has 1 aliphatic carbocycles. The lowest BCUT2D eigenvalue weighted by atomic mass is 9.78. The first-order chi connectivity index (χ1) is 8.79. The van der Waals surface area contributed by atoms with Crippen molar-refractivity contribution >= 4 is 15.9 Å². The fourth-order valence-corrected chi connectivity index (χ4v) is 3.00. The molecule has 0 amide bonds. The van der Waals surface area contributed by atoms with Crippen LogP contribution in [0.3, 0.4) is 0 Å². The highest BCUT2D eigenvalue weighted by Crippen LogP contribution is 2.36. The Bertz CT molecular complexity index is 375. The molecule has 0 radical (unpaired) electrons. The van der Waals surface area contributed by atoms with E-state index in [9.17, 15) is 4.39 Å². The van der Waals surface area contributed by atoms with E-state index in [2.05, 4.69) is 46.3 Å². The predicted octanol–water partition coefficient (Wildman–Crippen LogP) is 5.64. The molecule has 0 atom stereocenters. The molecule has 0 N–H and O–H groups in total. The van der Waals surface area contributed by atoms with E-state index >= 15 is 0 Å². The van der Waals surface area contributed by atoms with Gasteiger partial charge in [0, 0.05) is 4.47 Å². The third-order valence-electron chi connectivity index (χ3n) is 3.80. The van der Waals surface area contributed by atoms with Gasteiger partial charge in [-0.2, -0.15) is 0 Å². The van der Waals surface area contributed by atoms with E-state index in [1.165, 1.54) is 31.2 Å². The van der Waals surface area contributed by atoms with Crippen molar-refractivity contribution < 1.29 is 4.39 Å². The zero-order valence-corrected chi connectivity index (χ0v) is 12.2. The average Bonchev–Trinajstić information content (AvgIpc) is 2.41. The van der Waals surface area contributed by atoms with E-state index in [0.29, 0.717) is 18.3 Å². The molecule has 1 aliphatic rings. The maximum atomic E-state index is 12.0. The number of hydrogen-bond acceptors (Lipinski definition) is 0. The Labute approximate surface area is 117 Å². The average molecular weight is 311 g/mol. The summed E-state index contributed by atoms with van der Waals surface area (Å²) in [4.78, 5) is 0. The van der Waals surface area contributed by atoms with Gasteiger partial charge >= 0.3 is 0 Å². The van der Waals surface area contributed by atoms with Gasteiger partial charge in [-0.25, -0.2) is 0 Å². The summed E-state index contributed by atoms with van der Waals surface area (Å²) < 4.78 is 13.2. The smallest absolute Gasteiger partial charge is 0.0928 e. The van der Waals surface area contributed by atoms with Gasteiger partial charge in [0.1, 0.15) is 0 Å². The molecule has 0 bridgehead atoms. The molecule has 98 valence electrons. The second kappa shape index (κ2) is 7.08. The zero-order valence-electron chi connectivity index (χ0n) is 10.6. The second-order valence-electron chi connectivity index (χ2n) is 5.07. The molecule has 2 heteroatoms. The third-order valence-corrected chi connectivity index (χ3v) is 4.33. The van der Waals surface area contributed by atoms with Crippen LogP contribution < -0.4 is 0 Å². The highest BCUT2D eigenvalue weighted by molar-refractivity contribution is 9.10. The van der Waals surface area contributed by atoms with Crippen molar-refractivity contribution in [2.45, 2.75) is 38.0 Å². The van der Waals surface area contributed by atoms with Crippen molar-refractivity contribution in [3.8, 4) is 0 Å². The van der Waals surface area contributed by atoms with Gasteiger partial charge in [-0.05, 0) is 61.6 Å². The van der Waals surface area contributed by atoms with Gasteiger partial charge in [0.15, 0.2) is 0 Å². The zero-order chi connectivity index (χ0) is 12.8. The summed E-state index contributed by atoms with van der Waals surface area (Å²) in [5.41, 5.74) is 1.46. The number of hydrogen-bond donors (Lipinski definition) is 0. The molecule has 1 aromatic rings. The molecule has 0 aromatic heterocycles. The summed E-state index contributed by atoms with van der Waals surface area (Å²) >= 11 is 3.47. The largest absolute Gasteiger partial charge is 0.251 e. The summed E-state index contributed by atoms with van der Waals surface area (Å²) in [6.45, 7) is -0.231. The molecule has 0 spiro atoms. The van der Waals surface area contributed by atoms with Crippen molar-refractivity contribution in [3.05, 3.63) is 46.5 Å². The molecule has 0 unspecified atom stereocenters. The molecule has 0 heterocycles. The summed E-state index contributed by atoms with van der Waals surface area (Å²) in [6, 6.07) is 8.72. The van der Waals surface area contributed by atoms with E-state index in [-0.39, 0.29) is 6.67 Å². The fraction of sp³-hybridized carbons (Fsp3) is 0.500. The van der Waals surface area contributed by atoms with Crippen LogP contribution in [0.2, 0.25) is 0 Å². The number of alkyl halides is 1. The van der Waals surface area contributed by atoms with Crippen molar-refractivity contribution in [3.63, 3.8) is 0 Å². The Balaban J connectivity index is 1.84. The molecule has 0 nitrogen and oxygen atoms in total. The van der Waals surface area contributed by atoms with Gasteiger partial charge in [0.2, 0.25) is 0 Å². The van der Waals surface area contributed by atoms with Crippen molar-refractivity contribution in [2.24, 2.45) is 5.92 Å². The first kappa shape index (κ1) is 13.8. The van der Waals surface area contributed by atoms with Crippen LogP contribution in [0.1, 0.15) is 43.6 Å². The van der Waals surface area contributed by atoms with Crippen LogP contribution in [0.25, 0.3) is 0 Å². The van der Waals surface area contributed by atoms with Crippen LogP contribution in [0, 0.1) is 5.92 Å². The van der Waals surface area contributed by atoms with E-state index in [1.807, 2.05) is 6.08 Å². The number of rotatable bonds is 4. The van der Waals surface area contributed by atoms with Crippen molar-refractivity contribution in [1.29, 1.82) is 0 Å². The minimum absolute atomic E-state index is 0.231. The lowest BCUT2D eigenvalue weighted by Crippen LogP contribution is -2.11. The topological polar surface area (TPSA) is 0 Å². The monoisotopic (exact) mass is 310 g/mol. The van der Waals surface area contributed by atoms with E-state index < -0.39 is 0 Å². The lowest BCUT2D eigenvalue weighted by Gasteiger charge is -2.27. The van der Waals surface area contributed by atoms with Crippen molar-refractivity contribution in [2.75, 3.05) is 6.67 Å². The molecule has 1 saturated carbocycles. The fourth-order valence-electron chi connectivity index (χ4n) is 2.73. The highest BCUT2D eigenvalue weighted by Gasteiger charge is 2.20. The molecular weight excluding hydrogens is 291 g/mol. The Morgan fingerprint density at radius 2 is 1.78 bits per heavy atom. The minimum atomic E-state index is -0.231. The maximum Gasteiger partial charge on any atom is 0.0928 e. The number of benzene rings is 1. The van der Waals surface area contributed by atoms with Crippen LogP contribution >= 0.6 is 15.9 Å². The maximum absolute atomic E-state index is 12.0. The Kier molecular flexibility index (Phi) is 5.43. The van der Waals surface area contributed by atoms with Crippen LogP contribution in [0.15, 0.2) is 40.9 Å². The molecule has 1 aromatic carbocycles. The van der Waals surface area contributed by atoms with Crippen LogP contribution in [0.5, 0.6) is 0 Å². The quantitative estimate of drug-likeness (QED) is 0.631. The Hall–Kier alpha value is -0.630. The summed E-state index contributed by atoms with van der Waals surface area (Å²) in [6.07, 6.45) is 9.79. The minimum Gasteiger partial charge on any atom is -0.251 e. The number of allylic oxidation sites excluding steroid dienone is 2.